The zero-order valence-corrected chi connectivity index (χ0v) is 9.82. The maximum atomic E-state index is 12.0. The van der Waals surface area contributed by atoms with Crippen LogP contribution in [0.5, 0.6) is 0 Å². The van der Waals surface area contributed by atoms with Crippen molar-refractivity contribution in [3.8, 4) is 0 Å². The molecule has 0 spiro atoms. The van der Waals surface area contributed by atoms with Crippen LogP contribution in [0.1, 0.15) is 15.2 Å². The third kappa shape index (κ3) is 1.83. The minimum absolute atomic E-state index is 0.131. The Morgan fingerprint density at radius 2 is 2.29 bits per heavy atom. The molecule has 6 nitrogen and oxygen atoms in total. The molecule has 0 aliphatic rings. The van der Waals surface area contributed by atoms with Gasteiger partial charge in [-0.2, -0.15) is 0 Å². The van der Waals surface area contributed by atoms with E-state index in [4.69, 9.17) is 10.2 Å². The van der Waals surface area contributed by atoms with E-state index in [0.717, 1.165) is 11.3 Å². The summed E-state index contributed by atoms with van der Waals surface area (Å²) in [7, 11) is 0. The molecule has 0 saturated carbocycles. The lowest BCUT2D eigenvalue weighted by atomic mass is 10.2. The van der Waals surface area contributed by atoms with Crippen molar-refractivity contribution in [2.75, 3.05) is 6.61 Å². The van der Waals surface area contributed by atoms with Crippen molar-refractivity contribution < 1.29 is 15.0 Å². The van der Waals surface area contributed by atoms with E-state index in [1.165, 1.54) is 10.9 Å². The molecule has 0 atom stereocenters. The molecule has 2 rings (SSSR count). The van der Waals surface area contributed by atoms with Gasteiger partial charge in [0.05, 0.1) is 24.9 Å². The average Bonchev–Trinajstić information content (AvgIpc) is 2.61. The highest BCUT2D eigenvalue weighted by molar-refractivity contribution is 7.20. The number of nitrogens with zero attached hydrogens (tertiary/aromatic N) is 2. The van der Waals surface area contributed by atoms with Crippen molar-refractivity contribution in [2.24, 2.45) is 0 Å². The summed E-state index contributed by atoms with van der Waals surface area (Å²) in [6.07, 6.45) is 1.32. The minimum atomic E-state index is -1.06. The third-order valence-electron chi connectivity index (χ3n) is 2.45. The Morgan fingerprint density at radius 1 is 1.59 bits per heavy atom. The van der Waals surface area contributed by atoms with Crippen LogP contribution < -0.4 is 5.56 Å². The lowest BCUT2D eigenvalue weighted by Gasteiger charge is -2.01. The first-order chi connectivity index (χ1) is 8.06. The molecule has 0 radical (unpaired) electrons. The molecule has 0 aliphatic heterocycles. The average molecular weight is 254 g/mol. The van der Waals surface area contributed by atoms with Crippen LogP contribution in [0.2, 0.25) is 0 Å². The molecule has 0 amide bonds. The van der Waals surface area contributed by atoms with E-state index in [-0.39, 0.29) is 23.6 Å². The number of aromatic nitrogens is 2. The molecule has 2 heterocycles. The number of rotatable bonds is 3. The molecule has 0 unspecified atom stereocenters. The lowest BCUT2D eigenvalue weighted by molar-refractivity contribution is 0.0701. The summed E-state index contributed by atoms with van der Waals surface area (Å²) in [5.74, 6) is -1.06. The van der Waals surface area contributed by atoms with E-state index in [9.17, 15) is 9.59 Å². The molecule has 2 aromatic heterocycles. The van der Waals surface area contributed by atoms with Crippen LogP contribution in [0.4, 0.5) is 0 Å². The number of carboxylic acids is 1. The SMILES string of the molecule is Cc1c(C(=O)O)sc2ncn(CCO)c(=O)c12. The Kier molecular flexibility index (Phi) is 2.95. The van der Waals surface area contributed by atoms with Gasteiger partial charge in [0.2, 0.25) is 0 Å². The first-order valence-electron chi connectivity index (χ1n) is 4.89. The number of aryl methyl sites for hydroxylation is 1. The van der Waals surface area contributed by atoms with Gasteiger partial charge in [-0.25, -0.2) is 9.78 Å². The molecule has 90 valence electrons. The first-order valence-corrected chi connectivity index (χ1v) is 5.70. The fourth-order valence-corrected chi connectivity index (χ4v) is 2.61. The number of aromatic carboxylic acids is 1. The van der Waals surface area contributed by atoms with Gasteiger partial charge in [-0.3, -0.25) is 9.36 Å². The van der Waals surface area contributed by atoms with Crippen molar-refractivity contribution in [3.63, 3.8) is 0 Å². The predicted octanol–water partition coefficient (Wildman–Crippen LogP) is 0.457. The summed E-state index contributed by atoms with van der Waals surface area (Å²) >= 11 is 0.986. The van der Waals surface area contributed by atoms with E-state index >= 15 is 0 Å². The molecule has 2 N–H and O–H groups in total. The molecule has 7 heteroatoms. The van der Waals surface area contributed by atoms with Crippen LogP contribution in [-0.4, -0.2) is 32.3 Å². The Balaban J connectivity index is 2.77. The van der Waals surface area contributed by atoms with Gasteiger partial charge in [0, 0.05) is 0 Å². The van der Waals surface area contributed by atoms with E-state index in [1.807, 2.05) is 0 Å². The molecule has 0 aliphatic carbocycles. The van der Waals surface area contributed by atoms with Gasteiger partial charge in [0.1, 0.15) is 9.71 Å². The molecule has 17 heavy (non-hydrogen) atoms. The zero-order valence-electron chi connectivity index (χ0n) is 9.01. The largest absolute Gasteiger partial charge is 0.477 e. The van der Waals surface area contributed by atoms with Crippen molar-refractivity contribution in [3.05, 3.63) is 27.1 Å². The highest BCUT2D eigenvalue weighted by Gasteiger charge is 2.18. The van der Waals surface area contributed by atoms with Gasteiger partial charge >= 0.3 is 5.97 Å². The second-order valence-corrected chi connectivity index (χ2v) is 4.51. The zero-order chi connectivity index (χ0) is 12.6. The van der Waals surface area contributed by atoms with Gasteiger partial charge in [-0.15, -0.1) is 11.3 Å². The number of carbonyl (C=O) groups is 1. The lowest BCUT2D eigenvalue weighted by Crippen LogP contribution is -2.22. The predicted molar refractivity (Wildman–Crippen MR) is 62.7 cm³/mol. The summed E-state index contributed by atoms with van der Waals surface area (Å²) in [5.41, 5.74) is 0.118. The van der Waals surface area contributed by atoms with E-state index < -0.39 is 5.97 Å². The van der Waals surface area contributed by atoms with E-state index in [2.05, 4.69) is 4.98 Å². The fourth-order valence-electron chi connectivity index (χ4n) is 1.63. The number of fused-ring (bicyclic) bond motifs is 1. The molecule has 2 aromatic rings. The van der Waals surface area contributed by atoms with Gasteiger partial charge in [-0.05, 0) is 12.5 Å². The topological polar surface area (TPSA) is 92.4 Å². The van der Waals surface area contributed by atoms with Crippen molar-refractivity contribution >= 4 is 27.5 Å². The smallest absolute Gasteiger partial charge is 0.346 e. The highest BCUT2D eigenvalue weighted by Crippen LogP contribution is 2.26. The first kappa shape index (κ1) is 11.7. The van der Waals surface area contributed by atoms with E-state index in [0.29, 0.717) is 15.8 Å². The van der Waals surface area contributed by atoms with Crippen LogP contribution in [0, 0.1) is 6.92 Å². The summed E-state index contributed by atoms with van der Waals surface area (Å²) < 4.78 is 1.27. The van der Waals surface area contributed by atoms with Crippen LogP contribution in [0.15, 0.2) is 11.1 Å². The number of hydrogen-bond acceptors (Lipinski definition) is 5. The van der Waals surface area contributed by atoms with Crippen molar-refractivity contribution in [1.82, 2.24) is 9.55 Å². The summed E-state index contributed by atoms with van der Waals surface area (Å²) in [6.45, 7) is 1.58. The molecule has 0 bridgehead atoms. The Labute approximate surface area is 99.8 Å². The van der Waals surface area contributed by atoms with Gasteiger partial charge in [0.25, 0.3) is 5.56 Å². The quantitative estimate of drug-likeness (QED) is 0.830. The molecular weight excluding hydrogens is 244 g/mol. The standard InChI is InChI=1S/C10H10N2O4S/c1-5-6-8(17-7(5)10(15)16)11-4-12(2-3-13)9(6)14/h4,13H,2-3H2,1H3,(H,15,16). The summed E-state index contributed by atoms with van der Waals surface area (Å²) in [5, 5.41) is 18.1. The second kappa shape index (κ2) is 4.27. The van der Waals surface area contributed by atoms with Crippen molar-refractivity contribution in [1.29, 1.82) is 0 Å². The summed E-state index contributed by atoms with van der Waals surface area (Å²) in [6, 6.07) is 0. The number of hydrogen-bond donors (Lipinski definition) is 2. The van der Waals surface area contributed by atoms with Gasteiger partial charge in [-0.1, -0.05) is 0 Å². The Bertz CT molecular complexity index is 644. The maximum absolute atomic E-state index is 12.0. The number of thiophene rings is 1. The van der Waals surface area contributed by atoms with Crippen LogP contribution >= 0.6 is 11.3 Å². The third-order valence-corrected chi connectivity index (χ3v) is 3.64. The molecular formula is C10H10N2O4S. The Morgan fingerprint density at radius 3 is 2.88 bits per heavy atom. The van der Waals surface area contributed by atoms with Crippen LogP contribution in [-0.2, 0) is 6.54 Å². The van der Waals surface area contributed by atoms with E-state index in [1.54, 1.807) is 6.92 Å². The highest BCUT2D eigenvalue weighted by atomic mass is 32.1. The van der Waals surface area contributed by atoms with Gasteiger partial charge in [0.15, 0.2) is 0 Å². The monoisotopic (exact) mass is 254 g/mol. The molecule has 0 fully saturated rings. The maximum Gasteiger partial charge on any atom is 0.346 e. The minimum Gasteiger partial charge on any atom is -0.477 e. The number of aliphatic hydroxyl groups excluding tert-OH is 1. The van der Waals surface area contributed by atoms with Gasteiger partial charge < -0.3 is 10.2 Å². The normalized spacial score (nSPS) is 10.9. The fraction of sp³-hybridized carbons (Fsp3) is 0.300. The molecule has 0 aromatic carbocycles. The second-order valence-electron chi connectivity index (χ2n) is 3.51. The number of aliphatic hydroxyl groups is 1. The van der Waals surface area contributed by atoms with Crippen molar-refractivity contribution in [2.45, 2.75) is 13.5 Å². The Hall–Kier alpha value is -1.73. The van der Waals surface area contributed by atoms with Crippen LogP contribution in [0.3, 0.4) is 0 Å². The molecule has 0 saturated heterocycles. The number of carboxylic acid groups (broad SMARTS) is 1. The summed E-state index contributed by atoms with van der Waals surface area (Å²) in [4.78, 5) is 27.5. The van der Waals surface area contributed by atoms with Crippen LogP contribution in [0.25, 0.3) is 10.2 Å².